The normalized spacial score (nSPS) is 10.3. The lowest BCUT2D eigenvalue weighted by Crippen LogP contribution is -2.07. The van der Waals surface area contributed by atoms with E-state index in [1.165, 1.54) is 12.8 Å². The molecular weight excluding hydrogens is 214 g/mol. The van der Waals surface area contributed by atoms with Gasteiger partial charge in [0.15, 0.2) is 0 Å². The van der Waals surface area contributed by atoms with Gasteiger partial charge in [-0.3, -0.25) is 0 Å². The van der Waals surface area contributed by atoms with Crippen molar-refractivity contribution in [3.05, 3.63) is 11.8 Å². The van der Waals surface area contributed by atoms with Crippen LogP contribution in [0.1, 0.15) is 31.4 Å². The van der Waals surface area contributed by atoms with E-state index in [1.807, 2.05) is 20.0 Å². The maximum Gasteiger partial charge on any atom is 0.224 e. The molecule has 0 radical (unpaired) electrons. The van der Waals surface area contributed by atoms with Crippen LogP contribution in [0.15, 0.2) is 6.07 Å². The third-order valence-electron chi connectivity index (χ3n) is 2.51. The van der Waals surface area contributed by atoms with Crippen molar-refractivity contribution in [3.63, 3.8) is 0 Å². The highest BCUT2D eigenvalue weighted by atomic mass is 15.1. The van der Waals surface area contributed by atoms with E-state index in [1.54, 1.807) is 0 Å². The van der Waals surface area contributed by atoms with E-state index in [0.717, 1.165) is 37.4 Å². The molecule has 0 aromatic carbocycles. The standard InChI is InChI=1S/C12H23N5/c1-10-9-11(17-12(14-2)16-10)15-8-6-4-3-5-7-13/h9H,3-8,13H2,1-2H3,(H2,14,15,16,17). The van der Waals surface area contributed by atoms with Gasteiger partial charge < -0.3 is 16.4 Å². The molecule has 1 rings (SSSR count). The number of aromatic nitrogens is 2. The summed E-state index contributed by atoms with van der Waals surface area (Å²) < 4.78 is 0. The Labute approximate surface area is 103 Å². The molecule has 17 heavy (non-hydrogen) atoms. The minimum absolute atomic E-state index is 0.663. The summed E-state index contributed by atoms with van der Waals surface area (Å²) in [6.07, 6.45) is 4.70. The van der Waals surface area contributed by atoms with E-state index in [-0.39, 0.29) is 0 Å². The van der Waals surface area contributed by atoms with Gasteiger partial charge in [0.25, 0.3) is 0 Å². The van der Waals surface area contributed by atoms with E-state index in [9.17, 15) is 0 Å². The number of nitrogens with two attached hydrogens (primary N) is 1. The Morgan fingerprint density at radius 3 is 2.65 bits per heavy atom. The summed E-state index contributed by atoms with van der Waals surface area (Å²) in [6, 6.07) is 1.96. The molecule has 5 heteroatoms. The van der Waals surface area contributed by atoms with Gasteiger partial charge in [0.1, 0.15) is 5.82 Å². The Morgan fingerprint density at radius 1 is 1.18 bits per heavy atom. The zero-order valence-corrected chi connectivity index (χ0v) is 10.8. The summed E-state index contributed by atoms with van der Waals surface area (Å²) in [5, 5.41) is 6.27. The molecule has 0 unspecified atom stereocenters. The van der Waals surface area contributed by atoms with Crippen molar-refractivity contribution < 1.29 is 0 Å². The van der Waals surface area contributed by atoms with E-state index in [4.69, 9.17) is 5.73 Å². The Balaban J connectivity index is 2.28. The molecule has 0 aliphatic carbocycles. The molecule has 5 nitrogen and oxygen atoms in total. The van der Waals surface area contributed by atoms with Gasteiger partial charge in [-0.1, -0.05) is 12.8 Å². The monoisotopic (exact) mass is 237 g/mol. The van der Waals surface area contributed by atoms with Crippen molar-refractivity contribution in [2.75, 3.05) is 30.8 Å². The maximum atomic E-state index is 5.44. The lowest BCUT2D eigenvalue weighted by molar-refractivity contribution is 0.661. The van der Waals surface area contributed by atoms with Crippen molar-refractivity contribution in [3.8, 4) is 0 Å². The minimum atomic E-state index is 0.663. The van der Waals surface area contributed by atoms with Crippen molar-refractivity contribution >= 4 is 11.8 Å². The highest BCUT2D eigenvalue weighted by Gasteiger charge is 1.99. The van der Waals surface area contributed by atoms with Crippen LogP contribution in [0.2, 0.25) is 0 Å². The van der Waals surface area contributed by atoms with E-state index < -0.39 is 0 Å². The second-order valence-corrected chi connectivity index (χ2v) is 4.10. The number of hydrogen-bond acceptors (Lipinski definition) is 5. The minimum Gasteiger partial charge on any atom is -0.370 e. The number of anilines is 2. The van der Waals surface area contributed by atoms with Gasteiger partial charge in [0, 0.05) is 25.4 Å². The topological polar surface area (TPSA) is 75.9 Å². The number of unbranched alkanes of at least 4 members (excludes halogenated alkanes) is 3. The second-order valence-electron chi connectivity index (χ2n) is 4.10. The van der Waals surface area contributed by atoms with Crippen LogP contribution in [0.25, 0.3) is 0 Å². The molecular formula is C12H23N5. The average molecular weight is 237 g/mol. The molecule has 0 atom stereocenters. The highest BCUT2D eigenvalue weighted by Crippen LogP contribution is 2.09. The molecule has 96 valence electrons. The average Bonchev–Trinajstić information content (AvgIpc) is 2.33. The van der Waals surface area contributed by atoms with Crippen LogP contribution in [-0.4, -0.2) is 30.1 Å². The highest BCUT2D eigenvalue weighted by molar-refractivity contribution is 5.41. The van der Waals surface area contributed by atoms with Crippen molar-refractivity contribution in [1.29, 1.82) is 0 Å². The summed E-state index contributed by atoms with van der Waals surface area (Å²) in [4.78, 5) is 8.58. The van der Waals surface area contributed by atoms with Gasteiger partial charge >= 0.3 is 0 Å². The third kappa shape index (κ3) is 5.49. The van der Waals surface area contributed by atoms with Gasteiger partial charge in [-0.2, -0.15) is 4.98 Å². The third-order valence-corrected chi connectivity index (χ3v) is 2.51. The number of nitrogens with one attached hydrogen (secondary N) is 2. The molecule has 0 saturated heterocycles. The first-order valence-electron chi connectivity index (χ1n) is 6.23. The van der Waals surface area contributed by atoms with Crippen molar-refractivity contribution in [1.82, 2.24) is 9.97 Å². The van der Waals surface area contributed by atoms with Crippen molar-refractivity contribution in [2.45, 2.75) is 32.6 Å². The second kappa shape index (κ2) is 7.84. The first kappa shape index (κ1) is 13.7. The molecule has 0 fully saturated rings. The fourth-order valence-electron chi connectivity index (χ4n) is 1.61. The van der Waals surface area contributed by atoms with Crippen LogP contribution in [0.3, 0.4) is 0 Å². The molecule has 0 bridgehead atoms. The maximum absolute atomic E-state index is 5.44. The Bertz CT molecular complexity index is 327. The van der Waals surface area contributed by atoms with Crippen molar-refractivity contribution in [2.24, 2.45) is 5.73 Å². The van der Waals surface area contributed by atoms with E-state index >= 15 is 0 Å². The molecule has 0 saturated carbocycles. The Morgan fingerprint density at radius 2 is 1.94 bits per heavy atom. The smallest absolute Gasteiger partial charge is 0.224 e. The summed E-state index contributed by atoms with van der Waals surface area (Å²) in [5.74, 6) is 1.55. The molecule has 0 spiro atoms. The van der Waals surface area contributed by atoms with Crippen LogP contribution >= 0.6 is 0 Å². The van der Waals surface area contributed by atoms with Gasteiger partial charge in [0.2, 0.25) is 5.95 Å². The molecule has 1 aromatic rings. The van der Waals surface area contributed by atoms with Gasteiger partial charge in [0.05, 0.1) is 0 Å². The summed E-state index contributed by atoms with van der Waals surface area (Å²) in [6.45, 7) is 3.71. The first-order chi connectivity index (χ1) is 8.26. The predicted octanol–water partition coefficient (Wildman–Crippen LogP) is 1.76. The van der Waals surface area contributed by atoms with Crippen LogP contribution in [0.4, 0.5) is 11.8 Å². The van der Waals surface area contributed by atoms with Crippen LogP contribution in [-0.2, 0) is 0 Å². The Hall–Kier alpha value is -1.36. The zero-order chi connectivity index (χ0) is 12.5. The fraction of sp³-hybridized carbons (Fsp3) is 0.667. The van der Waals surface area contributed by atoms with Crippen LogP contribution in [0, 0.1) is 6.92 Å². The van der Waals surface area contributed by atoms with Gasteiger partial charge in [-0.05, 0) is 26.3 Å². The number of nitrogens with zero attached hydrogens (tertiary/aromatic N) is 2. The molecule has 0 aliphatic rings. The molecule has 0 amide bonds. The number of rotatable bonds is 8. The van der Waals surface area contributed by atoms with Gasteiger partial charge in [-0.25, -0.2) is 4.98 Å². The summed E-state index contributed by atoms with van der Waals surface area (Å²) in [7, 11) is 1.82. The van der Waals surface area contributed by atoms with Crippen LogP contribution < -0.4 is 16.4 Å². The van der Waals surface area contributed by atoms with E-state index in [2.05, 4.69) is 20.6 Å². The number of hydrogen-bond donors (Lipinski definition) is 3. The summed E-state index contributed by atoms with van der Waals surface area (Å²) >= 11 is 0. The molecule has 0 aliphatic heterocycles. The van der Waals surface area contributed by atoms with E-state index in [0.29, 0.717) is 5.95 Å². The zero-order valence-electron chi connectivity index (χ0n) is 10.8. The van der Waals surface area contributed by atoms with Crippen LogP contribution in [0.5, 0.6) is 0 Å². The number of aryl methyl sites for hydroxylation is 1. The Kier molecular flexibility index (Phi) is 6.32. The molecule has 1 aromatic heterocycles. The van der Waals surface area contributed by atoms with Gasteiger partial charge in [-0.15, -0.1) is 0 Å². The summed E-state index contributed by atoms with van der Waals surface area (Å²) in [5.41, 5.74) is 6.41. The lowest BCUT2D eigenvalue weighted by atomic mass is 10.2. The largest absolute Gasteiger partial charge is 0.370 e. The fourth-order valence-corrected chi connectivity index (χ4v) is 1.61. The lowest BCUT2D eigenvalue weighted by Gasteiger charge is -2.08. The molecule has 1 heterocycles. The molecule has 4 N–H and O–H groups in total. The predicted molar refractivity (Wildman–Crippen MR) is 72.3 cm³/mol. The first-order valence-corrected chi connectivity index (χ1v) is 6.23. The SMILES string of the molecule is CNc1nc(C)cc(NCCCCCCN)n1. The quantitative estimate of drug-likeness (QED) is 0.601.